The van der Waals surface area contributed by atoms with Crippen molar-refractivity contribution in [2.24, 2.45) is 5.84 Å². The molecule has 0 radical (unpaired) electrons. The van der Waals surface area contributed by atoms with E-state index in [9.17, 15) is 0 Å². The number of benzene rings is 2. The first-order valence-corrected chi connectivity index (χ1v) is 7.60. The summed E-state index contributed by atoms with van der Waals surface area (Å²) in [4.78, 5) is 0. The van der Waals surface area contributed by atoms with Crippen LogP contribution in [0.5, 0.6) is 5.75 Å². The number of hydrogen-bond donors (Lipinski definition) is 2. The van der Waals surface area contributed by atoms with Crippen LogP contribution in [-0.2, 0) is 6.42 Å². The zero-order valence-electron chi connectivity index (χ0n) is 12.4. The zero-order valence-corrected chi connectivity index (χ0v) is 12.4. The fourth-order valence-corrected chi connectivity index (χ4v) is 3.17. The lowest BCUT2D eigenvalue weighted by Gasteiger charge is -2.32. The van der Waals surface area contributed by atoms with Crippen molar-refractivity contribution in [3.63, 3.8) is 0 Å². The number of aryl methyl sites for hydroxylation is 1. The van der Waals surface area contributed by atoms with Gasteiger partial charge in [0.2, 0.25) is 0 Å². The molecule has 2 aromatic rings. The average molecular weight is 282 g/mol. The molecule has 0 fully saturated rings. The smallest absolute Gasteiger partial charge is 0.122 e. The number of hydrazine groups is 1. The van der Waals surface area contributed by atoms with Gasteiger partial charge in [-0.1, -0.05) is 49.4 Å². The molecule has 0 aromatic heterocycles. The summed E-state index contributed by atoms with van der Waals surface area (Å²) in [6, 6.07) is 17.1. The number of nitrogens with one attached hydrogen (secondary N) is 1. The molecule has 1 aliphatic heterocycles. The molecule has 3 N–H and O–H groups in total. The van der Waals surface area contributed by atoms with Crippen molar-refractivity contribution < 1.29 is 4.74 Å². The summed E-state index contributed by atoms with van der Waals surface area (Å²) < 4.78 is 5.76. The number of ether oxygens (including phenoxy) is 1. The summed E-state index contributed by atoms with van der Waals surface area (Å²) in [5.41, 5.74) is 6.86. The molecule has 1 aliphatic rings. The standard InChI is InChI=1S/C18H22N2O/c1-2-13-6-5-7-14(12-13)18(20-19)16-10-11-21-17-9-4-3-8-15(16)17/h3-9,12,16,18,20H,2,10-11,19H2,1H3. The molecule has 0 amide bonds. The lowest BCUT2D eigenvalue weighted by atomic mass is 9.83. The molecule has 2 aromatic carbocycles. The minimum atomic E-state index is 0.113. The van der Waals surface area contributed by atoms with Crippen LogP contribution in [-0.4, -0.2) is 6.61 Å². The predicted octanol–water partition coefficient (Wildman–Crippen LogP) is 3.32. The molecule has 0 bridgehead atoms. The van der Waals surface area contributed by atoms with Gasteiger partial charge in [-0.05, 0) is 35.6 Å². The van der Waals surface area contributed by atoms with Crippen molar-refractivity contribution in [1.29, 1.82) is 0 Å². The van der Waals surface area contributed by atoms with Crippen LogP contribution >= 0.6 is 0 Å². The van der Waals surface area contributed by atoms with Gasteiger partial charge in [0.05, 0.1) is 12.6 Å². The highest BCUT2D eigenvalue weighted by atomic mass is 16.5. The fraction of sp³-hybridized carbons (Fsp3) is 0.333. The summed E-state index contributed by atoms with van der Waals surface area (Å²) in [6.45, 7) is 2.92. The third-order valence-corrected chi connectivity index (χ3v) is 4.31. The van der Waals surface area contributed by atoms with E-state index in [-0.39, 0.29) is 6.04 Å². The number of nitrogens with two attached hydrogens (primary N) is 1. The Morgan fingerprint density at radius 1 is 1.24 bits per heavy atom. The molecular weight excluding hydrogens is 260 g/mol. The molecule has 1 heterocycles. The molecule has 3 nitrogen and oxygen atoms in total. The monoisotopic (exact) mass is 282 g/mol. The van der Waals surface area contributed by atoms with Crippen LogP contribution in [0.4, 0.5) is 0 Å². The van der Waals surface area contributed by atoms with E-state index in [1.54, 1.807) is 0 Å². The topological polar surface area (TPSA) is 47.3 Å². The van der Waals surface area contributed by atoms with Crippen molar-refractivity contribution in [2.75, 3.05) is 6.61 Å². The van der Waals surface area contributed by atoms with Crippen molar-refractivity contribution in [3.8, 4) is 5.75 Å². The van der Waals surface area contributed by atoms with E-state index in [1.165, 1.54) is 16.7 Å². The Morgan fingerprint density at radius 2 is 2.10 bits per heavy atom. The Morgan fingerprint density at radius 3 is 2.90 bits per heavy atom. The van der Waals surface area contributed by atoms with E-state index >= 15 is 0 Å². The maximum Gasteiger partial charge on any atom is 0.122 e. The molecule has 0 saturated carbocycles. The number of hydrogen-bond acceptors (Lipinski definition) is 3. The van der Waals surface area contributed by atoms with Crippen molar-refractivity contribution in [1.82, 2.24) is 5.43 Å². The number of para-hydroxylation sites is 1. The molecule has 3 heteroatoms. The van der Waals surface area contributed by atoms with Gasteiger partial charge in [0, 0.05) is 5.92 Å². The molecule has 0 aliphatic carbocycles. The van der Waals surface area contributed by atoms with Crippen molar-refractivity contribution in [2.45, 2.75) is 31.7 Å². The van der Waals surface area contributed by atoms with Crippen LogP contribution in [0.2, 0.25) is 0 Å². The first-order valence-electron chi connectivity index (χ1n) is 7.60. The van der Waals surface area contributed by atoms with Crippen LogP contribution in [0.25, 0.3) is 0 Å². The van der Waals surface area contributed by atoms with Crippen LogP contribution in [0.3, 0.4) is 0 Å². The van der Waals surface area contributed by atoms with Crippen molar-refractivity contribution in [3.05, 3.63) is 65.2 Å². The van der Waals surface area contributed by atoms with E-state index in [1.807, 2.05) is 12.1 Å². The predicted molar refractivity (Wildman–Crippen MR) is 85.2 cm³/mol. The van der Waals surface area contributed by atoms with Crippen LogP contribution in [0, 0.1) is 0 Å². The minimum Gasteiger partial charge on any atom is -0.493 e. The second-order valence-electron chi connectivity index (χ2n) is 5.52. The first-order chi connectivity index (χ1) is 10.3. The Balaban J connectivity index is 1.97. The van der Waals surface area contributed by atoms with E-state index in [0.717, 1.165) is 25.2 Å². The Labute approximate surface area is 126 Å². The van der Waals surface area contributed by atoms with Gasteiger partial charge in [0.15, 0.2) is 0 Å². The lowest BCUT2D eigenvalue weighted by molar-refractivity contribution is 0.246. The number of fused-ring (bicyclic) bond motifs is 1. The first kappa shape index (κ1) is 14.1. The highest BCUT2D eigenvalue weighted by Crippen LogP contribution is 2.41. The molecule has 21 heavy (non-hydrogen) atoms. The fourth-order valence-electron chi connectivity index (χ4n) is 3.17. The SMILES string of the molecule is CCc1cccc(C(NN)C2CCOc3ccccc32)c1. The lowest BCUT2D eigenvalue weighted by Crippen LogP contribution is -2.34. The molecule has 110 valence electrons. The van der Waals surface area contributed by atoms with E-state index < -0.39 is 0 Å². The Kier molecular flexibility index (Phi) is 4.23. The maximum atomic E-state index is 5.89. The molecule has 0 saturated heterocycles. The van der Waals surface area contributed by atoms with Gasteiger partial charge < -0.3 is 4.74 Å². The molecule has 2 atom stereocenters. The highest BCUT2D eigenvalue weighted by molar-refractivity contribution is 5.40. The van der Waals surface area contributed by atoms with Crippen LogP contribution in [0.1, 0.15) is 42.0 Å². The largest absolute Gasteiger partial charge is 0.493 e. The van der Waals surface area contributed by atoms with Gasteiger partial charge in [0.1, 0.15) is 5.75 Å². The summed E-state index contributed by atoms with van der Waals surface area (Å²) in [5.74, 6) is 7.22. The van der Waals surface area contributed by atoms with Crippen molar-refractivity contribution >= 4 is 0 Å². The van der Waals surface area contributed by atoms with E-state index in [2.05, 4.69) is 48.7 Å². The highest BCUT2D eigenvalue weighted by Gasteiger charge is 2.29. The zero-order chi connectivity index (χ0) is 14.7. The van der Waals surface area contributed by atoms with Gasteiger partial charge in [0.25, 0.3) is 0 Å². The molecule has 3 rings (SSSR count). The summed E-state index contributed by atoms with van der Waals surface area (Å²) in [7, 11) is 0. The maximum absolute atomic E-state index is 5.89. The summed E-state index contributed by atoms with van der Waals surface area (Å²) >= 11 is 0. The second kappa shape index (κ2) is 6.29. The van der Waals surface area contributed by atoms with Gasteiger partial charge in [-0.2, -0.15) is 0 Å². The molecule has 0 spiro atoms. The van der Waals surface area contributed by atoms with Gasteiger partial charge >= 0.3 is 0 Å². The summed E-state index contributed by atoms with van der Waals surface area (Å²) in [5, 5.41) is 0. The van der Waals surface area contributed by atoms with E-state index in [0.29, 0.717) is 5.92 Å². The Hall–Kier alpha value is -1.84. The minimum absolute atomic E-state index is 0.113. The molecule has 2 unspecified atom stereocenters. The Bertz CT molecular complexity index is 612. The van der Waals surface area contributed by atoms with E-state index in [4.69, 9.17) is 10.6 Å². The van der Waals surface area contributed by atoms with Gasteiger partial charge in [-0.3, -0.25) is 11.3 Å². The third kappa shape index (κ3) is 2.80. The quantitative estimate of drug-likeness (QED) is 0.668. The van der Waals surface area contributed by atoms with Crippen LogP contribution in [0.15, 0.2) is 48.5 Å². The average Bonchev–Trinajstić information content (AvgIpc) is 2.56. The molecular formula is C18H22N2O. The second-order valence-corrected chi connectivity index (χ2v) is 5.52. The third-order valence-electron chi connectivity index (χ3n) is 4.31. The normalized spacial score (nSPS) is 18.7. The van der Waals surface area contributed by atoms with Gasteiger partial charge in [-0.25, -0.2) is 0 Å². The van der Waals surface area contributed by atoms with Crippen LogP contribution < -0.4 is 16.0 Å². The van der Waals surface area contributed by atoms with Gasteiger partial charge in [-0.15, -0.1) is 0 Å². The number of rotatable bonds is 4. The summed E-state index contributed by atoms with van der Waals surface area (Å²) in [6.07, 6.45) is 2.01.